The van der Waals surface area contributed by atoms with Gasteiger partial charge < -0.3 is 9.47 Å². The van der Waals surface area contributed by atoms with Gasteiger partial charge in [-0.15, -0.1) is 0 Å². The molecule has 0 bridgehead atoms. The monoisotopic (exact) mass is 419 g/mol. The highest BCUT2D eigenvalue weighted by molar-refractivity contribution is 7.92. The first-order valence-electron chi connectivity index (χ1n) is 9.26. The Morgan fingerprint density at radius 1 is 1.03 bits per heavy atom. The van der Waals surface area contributed by atoms with E-state index in [1.165, 1.54) is 18.2 Å². The molecular weight excluding hydrogens is 394 g/mol. The largest absolute Gasteiger partial charge is 0.463 e. The highest BCUT2D eigenvalue weighted by Gasteiger charge is 2.20. The number of rotatable bonds is 9. The topological polar surface area (TPSA) is 98.8 Å². The zero-order valence-electron chi connectivity index (χ0n) is 16.7. The molecule has 0 aliphatic heterocycles. The second-order valence-corrected chi connectivity index (χ2v) is 8.26. The number of hydrogen-bond donors (Lipinski definition) is 1. The Morgan fingerprint density at radius 2 is 1.79 bits per heavy atom. The Labute approximate surface area is 171 Å². The molecule has 0 aliphatic carbocycles. The van der Waals surface area contributed by atoms with Gasteiger partial charge in [-0.3, -0.25) is 4.72 Å². The van der Waals surface area contributed by atoms with Gasteiger partial charge >= 0.3 is 11.9 Å². The standard InChI is InChI=1S/C21H25NO6S/c1-4-5-11-27-20(23)14-28-21(24)17-10-9-16(3)19(13-17)29(25,26)22-18-8-6-7-15(2)12-18/h6-10,12-13,22H,4-5,11,14H2,1-3H3. The molecule has 2 aromatic carbocycles. The summed E-state index contributed by atoms with van der Waals surface area (Å²) in [6.07, 6.45) is 1.61. The minimum atomic E-state index is -3.91. The third-order valence-corrected chi connectivity index (χ3v) is 5.59. The molecule has 1 N–H and O–H groups in total. The van der Waals surface area contributed by atoms with Crippen LogP contribution < -0.4 is 4.72 Å². The van der Waals surface area contributed by atoms with Gasteiger partial charge in [0.05, 0.1) is 17.1 Å². The summed E-state index contributed by atoms with van der Waals surface area (Å²) in [7, 11) is -3.91. The molecule has 7 nitrogen and oxygen atoms in total. The van der Waals surface area contributed by atoms with Crippen molar-refractivity contribution >= 4 is 27.6 Å². The Morgan fingerprint density at radius 3 is 2.48 bits per heavy atom. The minimum Gasteiger partial charge on any atom is -0.463 e. The van der Waals surface area contributed by atoms with Crippen LogP contribution in [-0.4, -0.2) is 33.6 Å². The summed E-state index contributed by atoms with van der Waals surface area (Å²) in [5, 5.41) is 0. The van der Waals surface area contributed by atoms with Crippen molar-refractivity contribution in [3.05, 3.63) is 59.2 Å². The van der Waals surface area contributed by atoms with Crippen molar-refractivity contribution in [2.45, 2.75) is 38.5 Å². The zero-order valence-corrected chi connectivity index (χ0v) is 17.5. The normalized spacial score (nSPS) is 11.0. The molecule has 8 heteroatoms. The molecule has 0 aromatic heterocycles. The van der Waals surface area contributed by atoms with E-state index in [1.54, 1.807) is 25.1 Å². The van der Waals surface area contributed by atoms with Gasteiger partial charge in [-0.25, -0.2) is 18.0 Å². The van der Waals surface area contributed by atoms with E-state index in [-0.39, 0.29) is 17.1 Å². The Bertz CT molecular complexity index is 984. The fraction of sp³-hybridized carbons (Fsp3) is 0.333. The second kappa shape index (κ2) is 10.1. The molecular formula is C21H25NO6S. The van der Waals surface area contributed by atoms with Crippen LogP contribution in [0.2, 0.25) is 0 Å². The summed E-state index contributed by atoms with van der Waals surface area (Å²) in [5.41, 5.74) is 1.83. The molecule has 2 aromatic rings. The number of aryl methyl sites for hydroxylation is 2. The lowest BCUT2D eigenvalue weighted by Crippen LogP contribution is -2.18. The quantitative estimate of drug-likeness (QED) is 0.492. The SMILES string of the molecule is CCCCOC(=O)COC(=O)c1ccc(C)c(S(=O)(=O)Nc2cccc(C)c2)c1. The fourth-order valence-electron chi connectivity index (χ4n) is 2.52. The highest BCUT2D eigenvalue weighted by Crippen LogP contribution is 2.22. The lowest BCUT2D eigenvalue weighted by atomic mass is 10.1. The van der Waals surface area contributed by atoms with Gasteiger partial charge in [-0.2, -0.15) is 0 Å². The average molecular weight is 419 g/mol. The molecule has 156 valence electrons. The maximum absolute atomic E-state index is 12.8. The van der Waals surface area contributed by atoms with Crippen molar-refractivity contribution < 1.29 is 27.5 Å². The predicted octanol–water partition coefficient (Wildman–Crippen LogP) is 3.60. The number of unbranched alkanes of at least 4 members (excludes halogenated alkanes) is 1. The van der Waals surface area contributed by atoms with Crippen molar-refractivity contribution in [3.8, 4) is 0 Å². The third-order valence-electron chi connectivity index (χ3n) is 4.07. The molecule has 0 spiro atoms. The summed E-state index contributed by atoms with van der Waals surface area (Å²) < 4.78 is 37.9. The summed E-state index contributed by atoms with van der Waals surface area (Å²) in [6.45, 7) is 5.19. The van der Waals surface area contributed by atoms with Crippen LogP contribution >= 0.6 is 0 Å². The van der Waals surface area contributed by atoms with Crippen LogP contribution in [0.4, 0.5) is 5.69 Å². The van der Waals surface area contributed by atoms with Crippen molar-refractivity contribution in [1.29, 1.82) is 0 Å². The van der Waals surface area contributed by atoms with Gasteiger partial charge in [0.15, 0.2) is 6.61 Å². The molecule has 29 heavy (non-hydrogen) atoms. The van der Waals surface area contributed by atoms with E-state index in [0.29, 0.717) is 11.3 Å². The van der Waals surface area contributed by atoms with Crippen LogP contribution in [0.3, 0.4) is 0 Å². The number of esters is 2. The fourth-order valence-corrected chi connectivity index (χ4v) is 3.84. The molecule has 0 atom stereocenters. The van der Waals surface area contributed by atoms with E-state index in [1.807, 2.05) is 19.9 Å². The smallest absolute Gasteiger partial charge is 0.344 e. The number of carbonyl (C=O) groups is 2. The third kappa shape index (κ3) is 6.60. The predicted molar refractivity (Wildman–Crippen MR) is 109 cm³/mol. The first-order valence-corrected chi connectivity index (χ1v) is 10.7. The number of sulfonamides is 1. The zero-order chi connectivity index (χ0) is 21.4. The van der Waals surface area contributed by atoms with Crippen LogP contribution in [0, 0.1) is 13.8 Å². The van der Waals surface area contributed by atoms with E-state index in [0.717, 1.165) is 18.4 Å². The molecule has 0 aliphatic rings. The summed E-state index contributed by atoms with van der Waals surface area (Å²) >= 11 is 0. The summed E-state index contributed by atoms with van der Waals surface area (Å²) in [5.74, 6) is -1.45. The number of hydrogen-bond acceptors (Lipinski definition) is 6. The Hall–Kier alpha value is -2.87. The van der Waals surface area contributed by atoms with Gasteiger partial charge in [0, 0.05) is 5.69 Å². The molecule has 0 heterocycles. The van der Waals surface area contributed by atoms with Crippen molar-refractivity contribution in [1.82, 2.24) is 0 Å². The average Bonchev–Trinajstić information content (AvgIpc) is 2.66. The van der Waals surface area contributed by atoms with E-state index >= 15 is 0 Å². The number of anilines is 1. The molecule has 0 amide bonds. The van der Waals surface area contributed by atoms with Crippen LogP contribution in [-0.2, 0) is 24.3 Å². The van der Waals surface area contributed by atoms with Gasteiger partial charge in [0.1, 0.15) is 0 Å². The van der Waals surface area contributed by atoms with Crippen LogP contribution in [0.15, 0.2) is 47.4 Å². The minimum absolute atomic E-state index is 0.0292. The first kappa shape index (κ1) is 22.4. The van der Waals surface area contributed by atoms with Crippen molar-refractivity contribution in [2.24, 2.45) is 0 Å². The molecule has 0 saturated carbocycles. The molecule has 0 radical (unpaired) electrons. The van der Waals surface area contributed by atoms with Crippen LogP contribution in [0.5, 0.6) is 0 Å². The lowest BCUT2D eigenvalue weighted by Gasteiger charge is -2.12. The Kier molecular flexibility index (Phi) is 7.78. The second-order valence-electron chi connectivity index (χ2n) is 6.61. The highest BCUT2D eigenvalue weighted by atomic mass is 32.2. The van der Waals surface area contributed by atoms with E-state index < -0.39 is 28.6 Å². The van der Waals surface area contributed by atoms with Gasteiger partial charge in [0.2, 0.25) is 0 Å². The molecule has 2 rings (SSSR count). The van der Waals surface area contributed by atoms with Gasteiger partial charge in [-0.05, 0) is 55.7 Å². The maximum atomic E-state index is 12.8. The number of carbonyl (C=O) groups excluding carboxylic acids is 2. The number of nitrogens with one attached hydrogen (secondary N) is 1. The van der Waals surface area contributed by atoms with Crippen LogP contribution in [0.25, 0.3) is 0 Å². The van der Waals surface area contributed by atoms with Crippen molar-refractivity contribution in [2.75, 3.05) is 17.9 Å². The summed E-state index contributed by atoms with van der Waals surface area (Å²) in [4.78, 5) is 23.7. The van der Waals surface area contributed by atoms with E-state index in [2.05, 4.69) is 4.72 Å². The summed E-state index contributed by atoms with van der Waals surface area (Å²) in [6, 6.07) is 11.1. The molecule has 0 fully saturated rings. The molecule has 0 unspecified atom stereocenters. The van der Waals surface area contributed by atoms with Crippen LogP contribution in [0.1, 0.15) is 41.3 Å². The maximum Gasteiger partial charge on any atom is 0.344 e. The van der Waals surface area contributed by atoms with Gasteiger partial charge in [-0.1, -0.05) is 31.5 Å². The molecule has 0 saturated heterocycles. The van der Waals surface area contributed by atoms with E-state index in [4.69, 9.17) is 9.47 Å². The van der Waals surface area contributed by atoms with Gasteiger partial charge in [0.25, 0.3) is 10.0 Å². The number of benzene rings is 2. The first-order chi connectivity index (χ1) is 13.7. The van der Waals surface area contributed by atoms with E-state index in [9.17, 15) is 18.0 Å². The lowest BCUT2D eigenvalue weighted by molar-refractivity contribution is -0.147. The number of ether oxygens (including phenoxy) is 2. The Balaban J connectivity index is 2.12. The van der Waals surface area contributed by atoms with Crippen molar-refractivity contribution in [3.63, 3.8) is 0 Å².